The van der Waals surface area contributed by atoms with Gasteiger partial charge in [-0.1, -0.05) is 17.7 Å². The lowest BCUT2D eigenvalue weighted by Crippen LogP contribution is -2.49. The van der Waals surface area contributed by atoms with E-state index < -0.39 is 10.0 Å². The van der Waals surface area contributed by atoms with Crippen molar-refractivity contribution in [2.45, 2.75) is 18.7 Å². The van der Waals surface area contributed by atoms with Crippen molar-refractivity contribution in [2.24, 2.45) is 0 Å². The zero-order valence-corrected chi connectivity index (χ0v) is 16.4. The lowest BCUT2D eigenvalue weighted by atomic mass is 10.1. The fraction of sp³-hybridized carbons (Fsp3) is 0.389. The first-order valence-electron chi connectivity index (χ1n) is 8.45. The topological polar surface area (TPSA) is 73.5 Å². The zero-order valence-electron chi connectivity index (χ0n) is 14.8. The molecule has 0 bridgehead atoms. The minimum Gasteiger partial charge on any atom is -0.362 e. The highest BCUT2D eigenvalue weighted by Crippen LogP contribution is 2.21. The van der Waals surface area contributed by atoms with Gasteiger partial charge in [-0.2, -0.15) is 4.31 Å². The van der Waals surface area contributed by atoms with Crippen LogP contribution in [-0.4, -0.2) is 61.1 Å². The fourth-order valence-corrected chi connectivity index (χ4v) is 4.93. The molecule has 0 amide bonds. The van der Waals surface area contributed by atoms with Crippen molar-refractivity contribution in [1.82, 2.24) is 14.2 Å². The summed E-state index contributed by atoms with van der Waals surface area (Å²) in [5.41, 5.74) is 2.54. The van der Waals surface area contributed by atoms with E-state index in [0.29, 0.717) is 43.3 Å². The van der Waals surface area contributed by atoms with Crippen LogP contribution in [0.15, 0.2) is 35.2 Å². The third-order valence-electron chi connectivity index (χ3n) is 4.58. The van der Waals surface area contributed by atoms with Crippen molar-refractivity contribution in [3.63, 3.8) is 0 Å². The number of ketones is 1. The van der Waals surface area contributed by atoms with E-state index >= 15 is 0 Å². The molecule has 2 heterocycles. The first-order valence-corrected chi connectivity index (χ1v) is 10.3. The molecule has 1 aromatic carbocycles. The Bertz CT molecular complexity index is 916. The van der Waals surface area contributed by atoms with E-state index in [-0.39, 0.29) is 10.7 Å². The number of hydrogen-bond acceptors (Lipinski definition) is 4. The zero-order chi connectivity index (χ0) is 18.9. The average Bonchev–Trinajstić information content (AvgIpc) is 2.94. The maximum Gasteiger partial charge on any atom is 0.243 e. The normalized spacial score (nSPS) is 16.7. The number of halogens is 1. The molecule has 1 fully saturated rings. The molecule has 0 aliphatic carbocycles. The molecule has 140 valence electrons. The number of piperazine rings is 1. The lowest BCUT2D eigenvalue weighted by molar-refractivity contribution is 0.0901. The van der Waals surface area contributed by atoms with Gasteiger partial charge in [0, 0.05) is 48.2 Å². The number of H-pyrrole nitrogens is 1. The van der Waals surface area contributed by atoms with Crippen LogP contribution in [0.5, 0.6) is 0 Å². The molecule has 0 saturated carbocycles. The molecule has 1 saturated heterocycles. The number of Topliss-reactive ketones (excluding diaryl/α,β-unsaturated/α-hetero) is 1. The van der Waals surface area contributed by atoms with Crippen LogP contribution < -0.4 is 0 Å². The smallest absolute Gasteiger partial charge is 0.243 e. The molecule has 1 aliphatic heterocycles. The predicted molar refractivity (Wildman–Crippen MR) is 101 cm³/mol. The molecule has 0 atom stereocenters. The highest BCUT2D eigenvalue weighted by Gasteiger charge is 2.29. The van der Waals surface area contributed by atoms with Gasteiger partial charge in [-0.15, -0.1) is 0 Å². The standard InChI is InChI=1S/C18H22ClN3O3S/c1-13-10-17(14(2)20-13)18(23)12-21-6-8-22(9-7-21)26(24,25)16-5-3-4-15(19)11-16/h3-5,10-11,20H,6-9,12H2,1-2H3. The first kappa shape index (κ1) is 19.1. The van der Waals surface area contributed by atoms with Crippen LogP contribution in [0.1, 0.15) is 21.7 Å². The second-order valence-corrected chi connectivity index (χ2v) is 8.93. The highest BCUT2D eigenvalue weighted by molar-refractivity contribution is 7.89. The molecule has 0 unspecified atom stereocenters. The molecule has 2 aromatic rings. The summed E-state index contributed by atoms with van der Waals surface area (Å²) in [6.07, 6.45) is 0. The Hall–Kier alpha value is -1.67. The van der Waals surface area contributed by atoms with E-state index in [9.17, 15) is 13.2 Å². The van der Waals surface area contributed by atoms with Gasteiger partial charge in [-0.05, 0) is 38.1 Å². The number of aromatic amines is 1. The Labute approximate surface area is 158 Å². The van der Waals surface area contributed by atoms with Gasteiger partial charge in [0.25, 0.3) is 0 Å². The van der Waals surface area contributed by atoms with E-state index in [1.165, 1.54) is 10.4 Å². The predicted octanol–water partition coefficient (Wildman–Crippen LogP) is 2.47. The minimum atomic E-state index is -3.56. The maximum absolute atomic E-state index is 12.7. The second kappa shape index (κ2) is 7.52. The number of benzene rings is 1. The molecular weight excluding hydrogens is 374 g/mol. The van der Waals surface area contributed by atoms with E-state index in [1.807, 2.05) is 24.8 Å². The molecular formula is C18H22ClN3O3S. The van der Waals surface area contributed by atoms with Crippen LogP contribution in [0.4, 0.5) is 0 Å². The van der Waals surface area contributed by atoms with Crippen LogP contribution >= 0.6 is 11.6 Å². The number of carbonyl (C=O) groups excluding carboxylic acids is 1. The van der Waals surface area contributed by atoms with Crippen LogP contribution in [0.3, 0.4) is 0 Å². The number of nitrogens with one attached hydrogen (secondary N) is 1. The molecule has 0 spiro atoms. The van der Waals surface area contributed by atoms with Crippen molar-refractivity contribution in [1.29, 1.82) is 0 Å². The third kappa shape index (κ3) is 4.01. The van der Waals surface area contributed by atoms with Crippen molar-refractivity contribution >= 4 is 27.4 Å². The first-order chi connectivity index (χ1) is 12.3. The summed E-state index contributed by atoms with van der Waals surface area (Å²) in [5.74, 6) is 0.0537. The van der Waals surface area contributed by atoms with Crippen molar-refractivity contribution in [2.75, 3.05) is 32.7 Å². The molecule has 0 radical (unpaired) electrons. The highest BCUT2D eigenvalue weighted by atomic mass is 35.5. The monoisotopic (exact) mass is 395 g/mol. The van der Waals surface area contributed by atoms with Gasteiger partial charge < -0.3 is 4.98 Å². The number of rotatable bonds is 5. The molecule has 1 aromatic heterocycles. The summed E-state index contributed by atoms with van der Waals surface area (Å²) in [5, 5.41) is 0.396. The minimum absolute atomic E-state index is 0.0537. The molecule has 1 N–H and O–H groups in total. The fourth-order valence-electron chi connectivity index (χ4n) is 3.21. The Balaban J connectivity index is 1.62. The number of aryl methyl sites for hydroxylation is 2. The summed E-state index contributed by atoms with van der Waals surface area (Å²) in [6.45, 7) is 5.85. The summed E-state index contributed by atoms with van der Waals surface area (Å²) < 4.78 is 26.9. The number of nitrogens with zero attached hydrogens (tertiary/aromatic N) is 2. The summed E-state index contributed by atoms with van der Waals surface area (Å²) in [6, 6.07) is 8.15. The molecule has 8 heteroatoms. The van der Waals surface area contributed by atoms with E-state index in [0.717, 1.165) is 11.4 Å². The van der Waals surface area contributed by atoms with Crippen molar-refractivity contribution < 1.29 is 13.2 Å². The Kier molecular flexibility index (Phi) is 5.53. The number of sulfonamides is 1. The van der Waals surface area contributed by atoms with Gasteiger partial charge in [0.15, 0.2) is 5.78 Å². The van der Waals surface area contributed by atoms with Crippen molar-refractivity contribution in [3.05, 3.63) is 52.3 Å². The second-order valence-electron chi connectivity index (χ2n) is 6.55. The quantitative estimate of drug-likeness (QED) is 0.789. The van der Waals surface area contributed by atoms with Gasteiger partial charge in [0.05, 0.1) is 11.4 Å². The Morgan fingerprint density at radius 2 is 1.85 bits per heavy atom. The number of carbonyl (C=O) groups is 1. The average molecular weight is 396 g/mol. The van der Waals surface area contributed by atoms with Crippen LogP contribution in [0, 0.1) is 13.8 Å². The molecule has 6 nitrogen and oxygen atoms in total. The van der Waals surface area contributed by atoms with Crippen molar-refractivity contribution in [3.8, 4) is 0 Å². The molecule has 1 aliphatic rings. The van der Waals surface area contributed by atoms with E-state index in [2.05, 4.69) is 4.98 Å². The maximum atomic E-state index is 12.7. The van der Waals surface area contributed by atoms with E-state index in [4.69, 9.17) is 11.6 Å². The molecule has 26 heavy (non-hydrogen) atoms. The summed E-state index contributed by atoms with van der Waals surface area (Å²) >= 11 is 5.91. The van der Waals surface area contributed by atoms with Crippen LogP contribution in [0.2, 0.25) is 5.02 Å². The molecule has 3 rings (SSSR count). The SMILES string of the molecule is Cc1cc(C(=O)CN2CCN(S(=O)(=O)c3cccc(Cl)c3)CC2)c(C)[nH]1. The summed E-state index contributed by atoms with van der Waals surface area (Å²) in [7, 11) is -3.56. The Morgan fingerprint density at radius 3 is 2.42 bits per heavy atom. The van der Waals surface area contributed by atoms with Crippen LogP contribution in [0.25, 0.3) is 0 Å². The van der Waals surface area contributed by atoms with Gasteiger partial charge in [0.1, 0.15) is 0 Å². The van der Waals surface area contributed by atoms with E-state index in [1.54, 1.807) is 18.2 Å². The van der Waals surface area contributed by atoms with Crippen LogP contribution in [-0.2, 0) is 10.0 Å². The van der Waals surface area contributed by atoms with Gasteiger partial charge in [-0.3, -0.25) is 9.69 Å². The number of hydrogen-bond donors (Lipinski definition) is 1. The Morgan fingerprint density at radius 1 is 1.15 bits per heavy atom. The van der Waals surface area contributed by atoms with Gasteiger partial charge in [0.2, 0.25) is 10.0 Å². The van der Waals surface area contributed by atoms with Gasteiger partial charge in [-0.25, -0.2) is 8.42 Å². The number of aromatic nitrogens is 1. The lowest BCUT2D eigenvalue weighted by Gasteiger charge is -2.33. The largest absolute Gasteiger partial charge is 0.362 e. The third-order valence-corrected chi connectivity index (χ3v) is 6.71. The van der Waals surface area contributed by atoms with Gasteiger partial charge >= 0.3 is 0 Å². The summed E-state index contributed by atoms with van der Waals surface area (Å²) in [4.78, 5) is 17.8.